The van der Waals surface area contributed by atoms with Crippen molar-refractivity contribution < 1.29 is 19.1 Å². The first kappa shape index (κ1) is 20.7. The average Bonchev–Trinajstić information content (AvgIpc) is 3.39. The highest BCUT2D eigenvalue weighted by molar-refractivity contribution is 8.18. The number of methoxy groups -OCH3 is 1. The summed E-state index contributed by atoms with van der Waals surface area (Å²) in [5.74, 6) is -0.308. The molecule has 156 valence electrons. The number of aromatic nitrogens is 2. The molecule has 0 atom stereocenters. The van der Waals surface area contributed by atoms with Crippen LogP contribution >= 0.6 is 23.5 Å². The summed E-state index contributed by atoms with van der Waals surface area (Å²) in [6.45, 7) is 0.424. The monoisotopic (exact) mass is 453 g/mol. The molecule has 11 heteroatoms. The quantitative estimate of drug-likeness (QED) is 0.264. The Hall–Kier alpha value is -3.57. The van der Waals surface area contributed by atoms with E-state index in [1.807, 2.05) is 42.5 Å². The molecule has 1 fully saturated rings. The van der Waals surface area contributed by atoms with Crippen molar-refractivity contribution in [3.05, 3.63) is 64.6 Å². The molecule has 0 saturated carbocycles. The lowest BCUT2D eigenvalue weighted by molar-refractivity contribution is -0.135. The predicted molar refractivity (Wildman–Crippen MR) is 119 cm³/mol. The van der Waals surface area contributed by atoms with Crippen LogP contribution in [0.1, 0.15) is 11.1 Å². The number of amidine groups is 1. The van der Waals surface area contributed by atoms with E-state index < -0.39 is 11.9 Å². The summed E-state index contributed by atoms with van der Waals surface area (Å²) < 4.78 is 18.7. The fourth-order valence-corrected chi connectivity index (χ4v) is 3.78. The summed E-state index contributed by atoms with van der Waals surface area (Å²) >= 11 is 2.20. The molecule has 31 heavy (non-hydrogen) atoms. The van der Waals surface area contributed by atoms with Gasteiger partial charge in [0, 0.05) is 6.08 Å². The maximum Gasteiger partial charge on any atom is 0.331 e. The molecule has 9 nitrogen and oxygen atoms in total. The number of rotatable bonds is 6. The minimum Gasteiger partial charge on any atom is -0.489 e. The number of carbonyl (C=O) groups is 2. The minimum atomic E-state index is -0.606. The van der Waals surface area contributed by atoms with E-state index in [0.717, 1.165) is 45.7 Å². The van der Waals surface area contributed by atoms with Crippen LogP contribution in [0.15, 0.2) is 63.6 Å². The Balaban J connectivity index is 1.32. The molecule has 1 N–H and O–H groups in total. The zero-order valence-electron chi connectivity index (χ0n) is 16.1. The number of hydrogen-bond donors (Lipinski definition) is 1. The Morgan fingerprint density at radius 2 is 1.97 bits per heavy atom. The van der Waals surface area contributed by atoms with Gasteiger partial charge in [-0.15, -0.1) is 5.10 Å². The molecule has 3 aromatic rings. The normalized spacial score (nSPS) is 16.4. The molecule has 2 heterocycles. The van der Waals surface area contributed by atoms with Gasteiger partial charge in [0.1, 0.15) is 23.4 Å². The largest absolute Gasteiger partial charge is 0.489 e. The number of fused-ring (bicyclic) bond motifs is 1. The highest BCUT2D eigenvalue weighted by Gasteiger charge is 2.24. The summed E-state index contributed by atoms with van der Waals surface area (Å²) in [7, 11) is 1.24. The average molecular weight is 454 g/mol. The van der Waals surface area contributed by atoms with Gasteiger partial charge < -0.3 is 9.47 Å². The Morgan fingerprint density at radius 1 is 1.16 bits per heavy atom. The van der Waals surface area contributed by atoms with E-state index in [1.54, 1.807) is 6.21 Å². The second kappa shape index (κ2) is 9.49. The molecule has 1 saturated heterocycles. The van der Waals surface area contributed by atoms with Crippen LogP contribution in [0.25, 0.3) is 11.0 Å². The van der Waals surface area contributed by atoms with Gasteiger partial charge in [0.05, 0.1) is 30.0 Å². The second-order valence-corrected chi connectivity index (χ2v) is 7.74. The van der Waals surface area contributed by atoms with Crippen LogP contribution < -0.4 is 10.1 Å². The lowest BCUT2D eigenvalue weighted by Crippen LogP contribution is -2.19. The van der Waals surface area contributed by atoms with E-state index >= 15 is 0 Å². The highest BCUT2D eigenvalue weighted by Crippen LogP contribution is 2.23. The van der Waals surface area contributed by atoms with Crippen molar-refractivity contribution in [3.8, 4) is 5.75 Å². The number of hydrogen-bond acceptors (Lipinski definition) is 10. The maximum absolute atomic E-state index is 11.8. The molecule has 2 aromatic carbocycles. The van der Waals surface area contributed by atoms with Crippen molar-refractivity contribution in [1.29, 1.82) is 0 Å². The summed E-state index contributed by atoms with van der Waals surface area (Å²) in [6.07, 6.45) is 2.66. The molecule has 0 unspecified atom stereocenters. The standard InChI is InChI=1S/C20H15N5O4S2/c1-28-18(26)9-17-19(27)22-20(30-17)23-21-10-12-2-5-14(6-3-12)29-11-13-4-7-15-16(8-13)25-31-24-15/h2-10H,11H2,1H3,(H,22,23,27)/b17-9+,21-10?. The van der Waals surface area contributed by atoms with Crippen LogP contribution in [0.2, 0.25) is 0 Å². The van der Waals surface area contributed by atoms with Gasteiger partial charge in [-0.3, -0.25) is 10.1 Å². The van der Waals surface area contributed by atoms with Gasteiger partial charge in [-0.25, -0.2) is 4.79 Å². The van der Waals surface area contributed by atoms with Crippen LogP contribution in [-0.4, -0.2) is 39.1 Å². The highest BCUT2D eigenvalue weighted by atomic mass is 32.2. The third-order valence-electron chi connectivity index (χ3n) is 4.06. The number of amides is 1. The minimum absolute atomic E-state index is 0.201. The van der Waals surface area contributed by atoms with Gasteiger partial charge in [0.2, 0.25) is 0 Å². The molecular weight excluding hydrogens is 438 g/mol. The van der Waals surface area contributed by atoms with E-state index in [4.69, 9.17) is 4.74 Å². The summed E-state index contributed by atoms with van der Waals surface area (Å²) in [4.78, 5) is 23.2. The van der Waals surface area contributed by atoms with Crippen molar-refractivity contribution in [2.24, 2.45) is 10.2 Å². The predicted octanol–water partition coefficient (Wildman–Crippen LogP) is 2.88. The number of nitrogens with zero attached hydrogens (tertiary/aromatic N) is 4. The third-order valence-corrected chi connectivity index (χ3v) is 5.52. The molecule has 0 spiro atoms. The first-order valence-electron chi connectivity index (χ1n) is 8.94. The SMILES string of the molecule is COC(=O)/C=C1/S/C(=N\N=Cc2ccc(OCc3ccc4nsnc4c3)cc2)NC1=O. The lowest BCUT2D eigenvalue weighted by Gasteiger charge is -2.06. The number of benzene rings is 2. The zero-order valence-corrected chi connectivity index (χ0v) is 17.8. The van der Waals surface area contributed by atoms with Gasteiger partial charge in [-0.05, 0) is 59.3 Å². The van der Waals surface area contributed by atoms with Crippen LogP contribution in [0.4, 0.5) is 0 Å². The van der Waals surface area contributed by atoms with Crippen molar-refractivity contribution in [2.75, 3.05) is 7.11 Å². The molecule has 0 radical (unpaired) electrons. The summed E-state index contributed by atoms with van der Waals surface area (Å²) in [5, 5.41) is 10.7. The van der Waals surface area contributed by atoms with Crippen molar-refractivity contribution >= 4 is 57.8 Å². The van der Waals surface area contributed by atoms with Crippen LogP contribution in [0.5, 0.6) is 5.75 Å². The van der Waals surface area contributed by atoms with Gasteiger partial charge in [0.25, 0.3) is 5.91 Å². The third kappa shape index (κ3) is 5.32. The van der Waals surface area contributed by atoms with Gasteiger partial charge in [-0.2, -0.15) is 13.8 Å². The topological polar surface area (TPSA) is 115 Å². The number of carbonyl (C=O) groups excluding carboxylic acids is 2. The fraction of sp³-hybridized carbons (Fsp3) is 0.100. The van der Waals surface area contributed by atoms with Gasteiger partial charge in [0.15, 0.2) is 5.17 Å². The van der Waals surface area contributed by atoms with Crippen molar-refractivity contribution in [1.82, 2.24) is 14.1 Å². The Labute approximate surface area is 185 Å². The number of thioether (sulfide) groups is 1. The fourth-order valence-electron chi connectivity index (χ4n) is 2.52. The Bertz CT molecular complexity index is 1220. The van der Waals surface area contributed by atoms with Gasteiger partial charge in [-0.1, -0.05) is 6.07 Å². The molecule has 1 aromatic heterocycles. The smallest absolute Gasteiger partial charge is 0.331 e. The van der Waals surface area contributed by atoms with E-state index in [0.29, 0.717) is 6.61 Å². The Kier molecular flexibility index (Phi) is 6.34. The molecule has 4 rings (SSSR count). The zero-order chi connectivity index (χ0) is 21.6. The van der Waals surface area contributed by atoms with Crippen LogP contribution in [0, 0.1) is 0 Å². The van der Waals surface area contributed by atoms with Crippen molar-refractivity contribution in [2.45, 2.75) is 6.61 Å². The number of esters is 1. The Morgan fingerprint density at radius 3 is 2.77 bits per heavy atom. The molecule has 1 amide bonds. The molecule has 0 aliphatic carbocycles. The van der Waals surface area contributed by atoms with Gasteiger partial charge >= 0.3 is 5.97 Å². The van der Waals surface area contributed by atoms with E-state index in [9.17, 15) is 9.59 Å². The molecular formula is C20H15N5O4S2. The van der Waals surface area contributed by atoms with Crippen LogP contribution in [-0.2, 0) is 20.9 Å². The summed E-state index contributed by atoms with van der Waals surface area (Å²) in [6, 6.07) is 13.2. The first-order valence-corrected chi connectivity index (χ1v) is 10.5. The van der Waals surface area contributed by atoms with Crippen LogP contribution in [0.3, 0.4) is 0 Å². The number of ether oxygens (including phenoxy) is 2. The second-order valence-electron chi connectivity index (χ2n) is 6.18. The molecule has 1 aliphatic rings. The maximum atomic E-state index is 11.8. The lowest BCUT2D eigenvalue weighted by atomic mass is 10.2. The van der Waals surface area contributed by atoms with Crippen molar-refractivity contribution in [3.63, 3.8) is 0 Å². The molecule has 0 bridgehead atoms. The first-order chi connectivity index (χ1) is 15.1. The van der Waals surface area contributed by atoms with E-state index in [-0.39, 0.29) is 10.1 Å². The number of nitrogens with one attached hydrogen (secondary N) is 1. The summed E-state index contributed by atoms with van der Waals surface area (Å²) in [5.41, 5.74) is 3.57. The van der Waals surface area contributed by atoms with E-state index in [1.165, 1.54) is 18.8 Å². The molecule has 1 aliphatic heterocycles. The van der Waals surface area contributed by atoms with E-state index in [2.05, 4.69) is 29.0 Å².